The molecular weight excluding hydrogens is 239 g/mol. The lowest BCUT2D eigenvalue weighted by Crippen LogP contribution is -1.98. The fraction of sp³-hybridized carbons (Fsp3) is 0.333. The summed E-state index contributed by atoms with van der Waals surface area (Å²) in [5.74, 6) is 0.599. The van der Waals surface area contributed by atoms with Crippen LogP contribution in [0.1, 0.15) is 5.56 Å². The van der Waals surface area contributed by atoms with Gasteiger partial charge in [-0.3, -0.25) is 0 Å². The van der Waals surface area contributed by atoms with E-state index in [1.54, 1.807) is 18.2 Å². The van der Waals surface area contributed by atoms with E-state index in [-0.39, 0.29) is 13.2 Å². The first-order chi connectivity index (χ1) is 6.27. The van der Waals surface area contributed by atoms with Crippen molar-refractivity contribution in [2.24, 2.45) is 0 Å². The quantitative estimate of drug-likeness (QED) is 0.887. The normalized spacial score (nSPS) is 10.1. The lowest BCUT2D eigenvalue weighted by Gasteiger charge is -2.06. The number of alkyl halides is 1. The van der Waals surface area contributed by atoms with Crippen LogP contribution in [0.2, 0.25) is 0 Å². The monoisotopic (exact) mass is 248 g/mol. The summed E-state index contributed by atoms with van der Waals surface area (Å²) in [6, 6.07) is 5.14. The molecule has 0 spiro atoms. The predicted molar refractivity (Wildman–Crippen MR) is 51.5 cm³/mol. The lowest BCUT2D eigenvalue weighted by atomic mass is 10.2. The molecule has 72 valence electrons. The second-order valence-electron chi connectivity index (χ2n) is 2.45. The van der Waals surface area contributed by atoms with Gasteiger partial charge in [0.2, 0.25) is 0 Å². The van der Waals surface area contributed by atoms with Crippen molar-refractivity contribution in [2.45, 2.75) is 6.61 Å². The van der Waals surface area contributed by atoms with Gasteiger partial charge in [0.15, 0.2) is 0 Å². The van der Waals surface area contributed by atoms with Gasteiger partial charge >= 0.3 is 0 Å². The number of ether oxygens (including phenoxy) is 1. The van der Waals surface area contributed by atoms with E-state index in [4.69, 9.17) is 9.84 Å². The van der Waals surface area contributed by atoms with Crippen molar-refractivity contribution in [1.82, 2.24) is 0 Å². The minimum atomic E-state index is -0.501. The molecule has 1 aromatic carbocycles. The van der Waals surface area contributed by atoms with Crippen LogP contribution in [-0.4, -0.2) is 18.4 Å². The van der Waals surface area contributed by atoms with Crippen LogP contribution >= 0.6 is 15.9 Å². The smallest absolute Gasteiger partial charge is 0.123 e. The Morgan fingerprint density at radius 2 is 2.23 bits per heavy atom. The Bertz CT molecular complexity index is 278. The zero-order chi connectivity index (χ0) is 9.68. The number of hydrogen-bond acceptors (Lipinski definition) is 2. The van der Waals surface area contributed by atoms with Crippen LogP contribution in [0.5, 0.6) is 5.75 Å². The minimum Gasteiger partial charge on any atom is -0.491 e. The first kappa shape index (κ1) is 10.5. The highest BCUT2D eigenvalue weighted by Crippen LogP contribution is 2.22. The number of aliphatic hydroxyl groups excluding tert-OH is 1. The van der Waals surface area contributed by atoms with Gasteiger partial charge in [0.25, 0.3) is 0 Å². The van der Waals surface area contributed by atoms with Crippen molar-refractivity contribution >= 4 is 15.9 Å². The molecule has 1 aromatic rings. The van der Waals surface area contributed by atoms with Crippen molar-refractivity contribution in [2.75, 3.05) is 13.3 Å². The lowest BCUT2D eigenvalue weighted by molar-refractivity contribution is 0.270. The molecule has 0 aliphatic carbocycles. The second-order valence-corrected chi connectivity index (χ2v) is 3.30. The molecule has 1 rings (SSSR count). The summed E-state index contributed by atoms with van der Waals surface area (Å²) in [5.41, 5.74) is 0.785. The predicted octanol–water partition coefficient (Wildman–Crippen LogP) is 2.29. The zero-order valence-electron chi connectivity index (χ0n) is 6.96. The Labute approximate surface area is 84.5 Å². The third-order valence-corrected chi connectivity index (χ3v) is 2.28. The number of aliphatic hydroxyl groups is 1. The van der Waals surface area contributed by atoms with Crippen LogP contribution in [-0.2, 0) is 6.61 Å². The van der Waals surface area contributed by atoms with E-state index in [0.29, 0.717) is 5.75 Å². The molecule has 4 heteroatoms. The fourth-order valence-corrected chi connectivity index (χ4v) is 1.39. The molecule has 1 N–H and O–H groups in total. The van der Waals surface area contributed by atoms with Crippen LogP contribution in [0, 0.1) is 0 Å². The van der Waals surface area contributed by atoms with Gasteiger partial charge in [0.05, 0.1) is 6.61 Å². The first-order valence-corrected chi connectivity index (χ1v) is 4.65. The van der Waals surface area contributed by atoms with E-state index in [1.165, 1.54) is 0 Å². The molecule has 0 aromatic heterocycles. The molecule has 0 aliphatic rings. The standard InChI is InChI=1S/C9H10BrFO2/c10-9-5-8(13-4-3-11)2-1-7(9)6-12/h1-2,5,12H,3-4,6H2. The number of hydrogen-bond donors (Lipinski definition) is 1. The van der Waals surface area contributed by atoms with Gasteiger partial charge < -0.3 is 9.84 Å². The van der Waals surface area contributed by atoms with E-state index >= 15 is 0 Å². The molecule has 0 heterocycles. The van der Waals surface area contributed by atoms with Gasteiger partial charge in [-0.25, -0.2) is 4.39 Å². The number of benzene rings is 1. The van der Waals surface area contributed by atoms with E-state index in [2.05, 4.69) is 15.9 Å². The average molecular weight is 249 g/mol. The van der Waals surface area contributed by atoms with Crippen LogP contribution in [0.4, 0.5) is 4.39 Å². The van der Waals surface area contributed by atoms with Gasteiger partial charge in [0.1, 0.15) is 19.0 Å². The summed E-state index contributed by atoms with van der Waals surface area (Å²) in [5, 5.41) is 8.85. The Kier molecular flexibility index (Phi) is 4.18. The maximum absolute atomic E-state index is 11.7. The maximum atomic E-state index is 11.7. The summed E-state index contributed by atoms with van der Waals surface area (Å²) < 4.78 is 17.6. The van der Waals surface area contributed by atoms with Gasteiger partial charge in [0, 0.05) is 4.47 Å². The van der Waals surface area contributed by atoms with Gasteiger partial charge in [-0.05, 0) is 17.7 Å². The molecule has 0 unspecified atom stereocenters. The Balaban J connectivity index is 2.71. The third kappa shape index (κ3) is 2.97. The highest BCUT2D eigenvalue weighted by molar-refractivity contribution is 9.10. The molecule has 0 saturated heterocycles. The summed E-state index contributed by atoms with van der Waals surface area (Å²) in [7, 11) is 0. The Morgan fingerprint density at radius 1 is 1.46 bits per heavy atom. The van der Waals surface area contributed by atoms with Gasteiger partial charge in [-0.2, -0.15) is 0 Å². The average Bonchev–Trinajstić information content (AvgIpc) is 2.15. The molecule has 13 heavy (non-hydrogen) atoms. The SMILES string of the molecule is OCc1ccc(OCCF)cc1Br. The molecular formula is C9H10BrFO2. The number of halogens is 2. The molecule has 0 bridgehead atoms. The largest absolute Gasteiger partial charge is 0.491 e. The molecule has 0 amide bonds. The molecule has 0 radical (unpaired) electrons. The fourth-order valence-electron chi connectivity index (χ4n) is 0.902. The van der Waals surface area contributed by atoms with Crippen molar-refractivity contribution in [3.63, 3.8) is 0 Å². The minimum absolute atomic E-state index is 0.0238. The van der Waals surface area contributed by atoms with Crippen LogP contribution in [0.15, 0.2) is 22.7 Å². The Hall–Kier alpha value is -0.610. The van der Waals surface area contributed by atoms with E-state index < -0.39 is 6.67 Å². The maximum Gasteiger partial charge on any atom is 0.123 e. The zero-order valence-corrected chi connectivity index (χ0v) is 8.55. The summed E-state index contributed by atoms with van der Waals surface area (Å²) >= 11 is 3.27. The molecule has 0 fully saturated rings. The van der Waals surface area contributed by atoms with E-state index in [0.717, 1.165) is 10.0 Å². The number of rotatable bonds is 4. The molecule has 0 saturated carbocycles. The topological polar surface area (TPSA) is 29.5 Å². The van der Waals surface area contributed by atoms with E-state index in [9.17, 15) is 4.39 Å². The summed E-state index contributed by atoms with van der Waals surface area (Å²) in [6.07, 6.45) is 0. The van der Waals surface area contributed by atoms with Crippen LogP contribution in [0.3, 0.4) is 0 Å². The highest BCUT2D eigenvalue weighted by Gasteiger charge is 2.00. The van der Waals surface area contributed by atoms with Crippen LogP contribution < -0.4 is 4.74 Å². The van der Waals surface area contributed by atoms with Crippen molar-refractivity contribution in [1.29, 1.82) is 0 Å². The second kappa shape index (κ2) is 5.19. The van der Waals surface area contributed by atoms with Gasteiger partial charge in [-0.1, -0.05) is 22.0 Å². The highest BCUT2D eigenvalue weighted by atomic mass is 79.9. The van der Waals surface area contributed by atoms with E-state index in [1.807, 2.05) is 0 Å². The molecule has 0 atom stereocenters. The van der Waals surface area contributed by atoms with Crippen LogP contribution in [0.25, 0.3) is 0 Å². The van der Waals surface area contributed by atoms with Crippen molar-refractivity contribution < 1.29 is 14.2 Å². The summed E-state index contributed by atoms with van der Waals surface area (Å²) in [6.45, 7) is -0.464. The third-order valence-electron chi connectivity index (χ3n) is 1.54. The Morgan fingerprint density at radius 3 is 2.77 bits per heavy atom. The summed E-state index contributed by atoms with van der Waals surface area (Å²) in [4.78, 5) is 0. The van der Waals surface area contributed by atoms with Crippen molar-refractivity contribution in [3.8, 4) is 5.75 Å². The van der Waals surface area contributed by atoms with Crippen molar-refractivity contribution in [3.05, 3.63) is 28.2 Å². The van der Waals surface area contributed by atoms with Gasteiger partial charge in [-0.15, -0.1) is 0 Å². The molecule has 2 nitrogen and oxygen atoms in total. The molecule has 0 aliphatic heterocycles. The first-order valence-electron chi connectivity index (χ1n) is 3.86.